The smallest absolute Gasteiger partial charge is 0.0409 e. The molecule has 2 bridgehead atoms. The molecule has 1 aliphatic heterocycles. The lowest BCUT2D eigenvalue weighted by Crippen LogP contribution is -2.47. The Labute approximate surface area is 138 Å². The van der Waals surface area contributed by atoms with Gasteiger partial charge in [-0.25, -0.2) is 0 Å². The molecule has 0 radical (unpaired) electrons. The molecule has 22 heavy (non-hydrogen) atoms. The van der Waals surface area contributed by atoms with Gasteiger partial charge in [0.25, 0.3) is 0 Å². The minimum atomic E-state index is 0.848. The van der Waals surface area contributed by atoms with Crippen LogP contribution in [0.3, 0.4) is 0 Å². The molecule has 1 aromatic rings. The van der Waals surface area contributed by atoms with Gasteiger partial charge in [0.1, 0.15) is 0 Å². The van der Waals surface area contributed by atoms with Crippen LogP contribution in [0.25, 0.3) is 0 Å². The Kier molecular flexibility index (Phi) is 4.25. The second-order valence-electron chi connectivity index (χ2n) is 7.25. The predicted octanol–water partition coefficient (Wildman–Crippen LogP) is 3.67. The standard InChI is InChI=1S/C19H25ClN2/c20-19-3-1-2-16(12-19)13-21-6-8-22(9-7-21)14-18-11-15-4-5-17(18)10-15/h1-5,12,15,17-18H,6-11,13-14H2/t15-,17-,18+/m0/s1. The number of hydrogen-bond donors (Lipinski definition) is 0. The van der Waals surface area contributed by atoms with Crippen molar-refractivity contribution in [2.45, 2.75) is 19.4 Å². The molecule has 118 valence electrons. The summed E-state index contributed by atoms with van der Waals surface area (Å²) in [5.74, 6) is 2.71. The number of rotatable bonds is 4. The molecule has 3 aliphatic rings. The zero-order valence-electron chi connectivity index (χ0n) is 13.1. The first-order valence-electron chi connectivity index (χ1n) is 8.64. The summed E-state index contributed by atoms with van der Waals surface area (Å²) >= 11 is 6.08. The molecule has 0 spiro atoms. The van der Waals surface area contributed by atoms with E-state index in [1.165, 1.54) is 51.1 Å². The fourth-order valence-electron chi connectivity index (χ4n) is 4.46. The fraction of sp³-hybridized carbons (Fsp3) is 0.579. The third-order valence-corrected chi connectivity index (χ3v) is 5.90. The van der Waals surface area contributed by atoms with Gasteiger partial charge in [-0.15, -0.1) is 0 Å². The van der Waals surface area contributed by atoms with Crippen molar-refractivity contribution in [2.75, 3.05) is 32.7 Å². The molecule has 4 rings (SSSR count). The van der Waals surface area contributed by atoms with Crippen LogP contribution in [0.5, 0.6) is 0 Å². The number of nitrogens with zero attached hydrogens (tertiary/aromatic N) is 2. The maximum atomic E-state index is 6.08. The van der Waals surface area contributed by atoms with Crippen molar-refractivity contribution in [3.8, 4) is 0 Å². The normalized spacial score (nSPS) is 32.0. The first-order valence-corrected chi connectivity index (χ1v) is 9.01. The largest absolute Gasteiger partial charge is 0.300 e. The topological polar surface area (TPSA) is 6.48 Å². The zero-order valence-corrected chi connectivity index (χ0v) is 13.9. The van der Waals surface area contributed by atoms with Crippen LogP contribution in [0, 0.1) is 17.8 Å². The zero-order chi connectivity index (χ0) is 14.9. The minimum Gasteiger partial charge on any atom is -0.300 e. The van der Waals surface area contributed by atoms with Gasteiger partial charge in [-0.1, -0.05) is 35.9 Å². The Morgan fingerprint density at radius 3 is 2.50 bits per heavy atom. The van der Waals surface area contributed by atoms with Crippen molar-refractivity contribution in [3.63, 3.8) is 0 Å². The first-order chi connectivity index (χ1) is 10.8. The van der Waals surface area contributed by atoms with E-state index in [2.05, 4.69) is 40.2 Å². The monoisotopic (exact) mass is 316 g/mol. The molecule has 0 unspecified atom stereocenters. The van der Waals surface area contributed by atoms with Gasteiger partial charge in [0, 0.05) is 44.3 Å². The average molecular weight is 317 g/mol. The van der Waals surface area contributed by atoms with Crippen molar-refractivity contribution < 1.29 is 0 Å². The van der Waals surface area contributed by atoms with Gasteiger partial charge >= 0.3 is 0 Å². The molecule has 2 nitrogen and oxygen atoms in total. The lowest BCUT2D eigenvalue weighted by Gasteiger charge is -2.37. The summed E-state index contributed by atoms with van der Waals surface area (Å²) in [6.45, 7) is 7.16. The van der Waals surface area contributed by atoms with Gasteiger partial charge in [-0.3, -0.25) is 4.90 Å². The summed E-state index contributed by atoms with van der Waals surface area (Å²) in [5, 5.41) is 0.848. The number of allylic oxidation sites excluding steroid dienone is 2. The van der Waals surface area contributed by atoms with Crippen molar-refractivity contribution in [1.82, 2.24) is 9.80 Å². The maximum absolute atomic E-state index is 6.08. The SMILES string of the molecule is Clc1cccc(CN2CCN(C[C@H]3C[C@H]4C=C[C@H]3C4)CC2)c1. The molecule has 3 atom stereocenters. The van der Waals surface area contributed by atoms with E-state index < -0.39 is 0 Å². The molecule has 0 aromatic heterocycles. The van der Waals surface area contributed by atoms with Crippen molar-refractivity contribution in [3.05, 3.63) is 47.0 Å². The predicted molar refractivity (Wildman–Crippen MR) is 92.0 cm³/mol. The minimum absolute atomic E-state index is 0.848. The Bertz CT molecular complexity index is 548. The van der Waals surface area contributed by atoms with E-state index in [-0.39, 0.29) is 0 Å². The Hall–Kier alpha value is -0.830. The molecule has 1 heterocycles. The molecule has 1 aromatic carbocycles. The van der Waals surface area contributed by atoms with E-state index in [9.17, 15) is 0 Å². The summed E-state index contributed by atoms with van der Waals surface area (Å²) in [5.41, 5.74) is 1.33. The Morgan fingerprint density at radius 2 is 1.82 bits per heavy atom. The van der Waals surface area contributed by atoms with Gasteiger partial charge in [-0.05, 0) is 48.3 Å². The number of hydrogen-bond acceptors (Lipinski definition) is 2. The lowest BCUT2D eigenvalue weighted by molar-refractivity contribution is 0.108. The third-order valence-electron chi connectivity index (χ3n) is 5.67. The number of benzene rings is 1. The second kappa shape index (κ2) is 6.35. The molecular weight excluding hydrogens is 292 g/mol. The van der Waals surface area contributed by atoms with E-state index in [4.69, 9.17) is 11.6 Å². The van der Waals surface area contributed by atoms with E-state index in [1.807, 2.05) is 6.07 Å². The molecule has 2 aliphatic carbocycles. The van der Waals surface area contributed by atoms with Crippen LogP contribution in [0.4, 0.5) is 0 Å². The first kappa shape index (κ1) is 14.7. The summed E-state index contributed by atoms with van der Waals surface area (Å²) in [7, 11) is 0. The third kappa shape index (κ3) is 3.24. The highest BCUT2D eigenvalue weighted by atomic mass is 35.5. The fourth-order valence-corrected chi connectivity index (χ4v) is 4.67. The van der Waals surface area contributed by atoms with E-state index >= 15 is 0 Å². The quantitative estimate of drug-likeness (QED) is 0.782. The highest BCUT2D eigenvalue weighted by molar-refractivity contribution is 6.30. The van der Waals surface area contributed by atoms with Gasteiger partial charge in [0.15, 0.2) is 0 Å². The van der Waals surface area contributed by atoms with Crippen molar-refractivity contribution in [1.29, 1.82) is 0 Å². The van der Waals surface area contributed by atoms with Crippen LogP contribution >= 0.6 is 11.6 Å². The molecular formula is C19H25ClN2. The van der Waals surface area contributed by atoms with E-state index in [0.717, 1.165) is 29.3 Å². The Morgan fingerprint density at radius 1 is 1.00 bits per heavy atom. The van der Waals surface area contributed by atoms with Gasteiger partial charge in [0.2, 0.25) is 0 Å². The average Bonchev–Trinajstić information content (AvgIpc) is 3.12. The van der Waals surface area contributed by atoms with Crippen LogP contribution in [-0.4, -0.2) is 42.5 Å². The maximum Gasteiger partial charge on any atom is 0.0409 e. The van der Waals surface area contributed by atoms with Gasteiger partial charge in [-0.2, -0.15) is 0 Å². The number of halogens is 1. The van der Waals surface area contributed by atoms with Crippen LogP contribution in [0.1, 0.15) is 18.4 Å². The summed E-state index contributed by atoms with van der Waals surface area (Å²) in [4.78, 5) is 5.25. The van der Waals surface area contributed by atoms with Crippen molar-refractivity contribution in [2.24, 2.45) is 17.8 Å². The summed E-state index contributed by atoms with van der Waals surface area (Å²) < 4.78 is 0. The molecule has 2 fully saturated rings. The second-order valence-corrected chi connectivity index (χ2v) is 7.68. The molecule has 0 N–H and O–H groups in total. The van der Waals surface area contributed by atoms with Crippen LogP contribution in [0.2, 0.25) is 5.02 Å². The number of piperazine rings is 1. The van der Waals surface area contributed by atoms with Gasteiger partial charge < -0.3 is 4.90 Å². The highest BCUT2D eigenvalue weighted by Crippen LogP contribution is 2.43. The Balaban J connectivity index is 1.25. The highest BCUT2D eigenvalue weighted by Gasteiger charge is 2.36. The van der Waals surface area contributed by atoms with E-state index in [1.54, 1.807) is 0 Å². The van der Waals surface area contributed by atoms with Crippen LogP contribution in [0.15, 0.2) is 36.4 Å². The molecule has 1 saturated carbocycles. The number of fused-ring (bicyclic) bond motifs is 2. The molecule has 3 heteroatoms. The summed E-state index contributed by atoms with van der Waals surface area (Å²) in [6, 6.07) is 8.28. The van der Waals surface area contributed by atoms with Gasteiger partial charge in [0.05, 0.1) is 0 Å². The van der Waals surface area contributed by atoms with Crippen LogP contribution < -0.4 is 0 Å². The molecule has 1 saturated heterocycles. The van der Waals surface area contributed by atoms with Crippen LogP contribution in [-0.2, 0) is 6.54 Å². The summed E-state index contributed by atoms with van der Waals surface area (Å²) in [6.07, 6.45) is 7.79. The van der Waals surface area contributed by atoms with Crippen molar-refractivity contribution >= 4 is 11.6 Å². The molecule has 0 amide bonds. The van der Waals surface area contributed by atoms with E-state index in [0.29, 0.717) is 0 Å². The lowest BCUT2D eigenvalue weighted by atomic mass is 9.93.